The second kappa shape index (κ2) is 7.10. The highest BCUT2D eigenvalue weighted by Gasteiger charge is 2.20. The maximum Gasteiger partial charge on any atom is 0.141 e. The fourth-order valence-electron chi connectivity index (χ4n) is 1.97. The number of hydrogen-bond donors (Lipinski definition) is 0. The molecule has 6 heteroatoms. The molecule has 2 nitrogen and oxygen atoms in total. The van der Waals surface area contributed by atoms with Crippen molar-refractivity contribution in [3.63, 3.8) is 0 Å². The van der Waals surface area contributed by atoms with Crippen molar-refractivity contribution in [3.8, 4) is 11.5 Å². The Bertz CT molecular complexity index is 662. The molecule has 1 unspecified atom stereocenters. The van der Waals surface area contributed by atoms with Gasteiger partial charge < -0.3 is 9.47 Å². The molecule has 2 aromatic rings. The van der Waals surface area contributed by atoms with Gasteiger partial charge in [0.1, 0.15) is 16.0 Å². The van der Waals surface area contributed by atoms with Gasteiger partial charge in [-0.05, 0) is 45.8 Å². The lowest BCUT2D eigenvalue weighted by molar-refractivity contribution is 0.386. The van der Waals surface area contributed by atoms with Gasteiger partial charge in [0.15, 0.2) is 0 Å². The molecule has 0 amide bonds. The van der Waals surface area contributed by atoms with Crippen molar-refractivity contribution in [2.24, 2.45) is 0 Å². The van der Waals surface area contributed by atoms with Gasteiger partial charge in [-0.1, -0.05) is 29.3 Å². The molecular formula is C15H12BrCl3O2. The summed E-state index contributed by atoms with van der Waals surface area (Å²) in [5.74, 6) is 1.30. The Hall–Kier alpha value is -0.610. The summed E-state index contributed by atoms with van der Waals surface area (Å²) in [4.78, 5) is 0. The van der Waals surface area contributed by atoms with Crippen LogP contribution in [0.2, 0.25) is 10.0 Å². The molecule has 0 aliphatic carbocycles. The molecule has 0 saturated carbocycles. The van der Waals surface area contributed by atoms with Crippen molar-refractivity contribution < 1.29 is 9.47 Å². The van der Waals surface area contributed by atoms with Gasteiger partial charge in [0.05, 0.1) is 29.6 Å². The van der Waals surface area contributed by atoms with Crippen LogP contribution in [0.5, 0.6) is 11.5 Å². The molecule has 0 N–H and O–H groups in total. The fourth-order valence-corrected chi connectivity index (χ4v) is 3.27. The van der Waals surface area contributed by atoms with Crippen LogP contribution in [-0.2, 0) is 0 Å². The number of hydrogen-bond acceptors (Lipinski definition) is 2. The second-order valence-electron chi connectivity index (χ2n) is 4.24. The molecule has 0 saturated heterocycles. The molecule has 0 aliphatic heterocycles. The molecule has 0 radical (unpaired) electrons. The summed E-state index contributed by atoms with van der Waals surface area (Å²) in [6.45, 7) is 0. The summed E-state index contributed by atoms with van der Waals surface area (Å²) >= 11 is 22.0. The summed E-state index contributed by atoms with van der Waals surface area (Å²) < 4.78 is 11.4. The van der Waals surface area contributed by atoms with Crippen LogP contribution in [0.3, 0.4) is 0 Å². The Morgan fingerprint density at radius 1 is 1.00 bits per heavy atom. The minimum absolute atomic E-state index is 0.420. The Balaban J connectivity index is 2.50. The molecule has 0 aromatic heterocycles. The minimum Gasteiger partial charge on any atom is -0.495 e. The Morgan fingerprint density at radius 2 is 1.71 bits per heavy atom. The average molecular weight is 411 g/mol. The number of alkyl halides is 1. The number of ether oxygens (including phenoxy) is 2. The quantitative estimate of drug-likeness (QED) is 0.567. The lowest BCUT2D eigenvalue weighted by Gasteiger charge is -2.17. The van der Waals surface area contributed by atoms with E-state index < -0.39 is 5.38 Å². The zero-order valence-corrected chi connectivity index (χ0v) is 15.1. The average Bonchev–Trinajstić information content (AvgIpc) is 2.49. The van der Waals surface area contributed by atoms with E-state index in [1.54, 1.807) is 26.4 Å². The lowest BCUT2D eigenvalue weighted by atomic mass is 10.0. The van der Waals surface area contributed by atoms with Crippen LogP contribution < -0.4 is 9.47 Å². The molecule has 1 atom stereocenters. The molecular weight excluding hydrogens is 398 g/mol. The van der Waals surface area contributed by atoms with Crippen molar-refractivity contribution in [1.29, 1.82) is 0 Å². The zero-order valence-electron chi connectivity index (χ0n) is 11.3. The molecule has 112 valence electrons. The molecule has 0 heterocycles. The van der Waals surface area contributed by atoms with E-state index in [4.69, 9.17) is 44.3 Å². The number of rotatable bonds is 4. The molecule has 2 rings (SSSR count). The third-order valence-electron chi connectivity index (χ3n) is 3.03. The van der Waals surface area contributed by atoms with Crippen molar-refractivity contribution >= 4 is 50.7 Å². The van der Waals surface area contributed by atoms with Crippen LogP contribution >= 0.6 is 50.7 Å². The summed E-state index contributed by atoms with van der Waals surface area (Å²) in [5, 5.41) is 0.537. The predicted octanol–water partition coefficient (Wildman–Crippen LogP) is 6.10. The van der Waals surface area contributed by atoms with Crippen molar-refractivity contribution in [2.45, 2.75) is 5.38 Å². The largest absolute Gasteiger partial charge is 0.495 e. The highest BCUT2D eigenvalue weighted by Crippen LogP contribution is 2.44. The van der Waals surface area contributed by atoms with Crippen LogP contribution in [0, 0.1) is 0 Å². The van der Waals surface area contributed by atoms with Crippen LogP contribution in [0.4, 0.5) is 0 Å². The van der Waals surface area contributed by atoms with E-state index in [-0.39, 0.29) is 0 Å². The maximum atomic E-state index is 6.56. The number of halogens is 4. The van der Waals surface area contributed by atoms with Gasteiger partial charge in [-0.15, -0.1) is 11.6 Å². The van der Waals surface area contributed by atoms with Crippen molar-refractivity contribution in [1.82, 2.24) is 0 Å². The topological polar surface area (TPSA) is 18.5 Å². The Morgan fingerprint density at radius 3 is 2.29 bits per heavy atom. The number of methoxy groups -OCH3 is 2. The first-order chi connectivity index (χ1) is 9.99. The van der Waals surface area contributed by atoms with Crippen LogP contribution in [0.1, 0.15) is 16.5 Å². The molecule has 21 heavy (non-hydrogen) atoms. The van der Waals surface area contributed by atoms with E-state index in [2.05, 4.69) is 15.9 Å². The highest BCUT2D eigenvalue weighted by atomic mass is 79.9. The van der Waals surface area contributed by atoms with Gasteiger partial charge in [0, 0.05) is 5.56 Å². The van der Waals surface area contributed by atoms with Gasteiger partial charge in [-0.25, -0.2) is 0 Å². The van der Waals surface area contributed by atoms with E-state index in [1.807, 2.05) is 18.2 Å². The van der Waals surface area contributed by atoms with Gasteiger partial charge in [0.2, 0.25) is 0 Å². The zero-order chi connectivity index (χ0) is 15.6. The normalized spacial score (nSPS) is 12.1. The number of benzene rings is 2. The monoisotopic (exact) mass is 408 g/mol. The molecule has 0 bridgehead atoms. The first kappa shape index (κ1) is 16.8. The second-order valence-corrected chi connectivity index (χ2v) is 6.28. The van der Waals surface area contributed by atoms with Gasteiger partial charge in [0.25, 0.3) is 0 Å². The Kier molecular flexibility index (Phi) is 5.67. The minimum atomic E-state index is -0.420. The third kappa shape index (κ3) is 3.42. The first-order valence-corrected chi connectivity index (χ1v) is 7.97. The molecule has 0 fully saturated rings. The van der Waals surface area contributed by atoms with Gasteiger partial charge in [-0.3, -0.25) is 0 Å². The van der Waals surface area contributed by atoms with Gasteiger partial charge >= 0.3 is 0 Å². The molecule has 0 spiro atoms. The summed E-state index contributed by atoms with van der Waals surface area (Å²) in [7, 11) is 3.18. The van der Waals surface area contributed by atoms with E-state index in [0.717, 1.165) is 15.6 Å². The molecule has 0 aliphatic rings. The van der Waals surface area contributed by atoms with Crippen LogP contribution in [-0.4, -0.2) is 14.2 Å². The van der Waals surface area contributed by atoms with Crippen molar-refractivity contribution in [2.75, 3.05) is 14.2 Å². The standard InChI is InChI=1S/C15H12BrCl3O2/c1-20-12-6-4-9(15(21-2)13(12)16)14(19)8-3-5-10(17)11(18)7-8/h3-7,14H,1-2H3. The van der Waals surface area contributed by atoms with E-state index in [0.29, 0.717) is 21.5 Å². The Labute approximate surface area is 147 Å². The highest BCUT2D eigenvalue weighted by molar-refractivity contribution is 9.10. The van der Waals surface area contributed by atoms with Crippen LogP contribution in [0.25, 0.3) is 0 Å². The smallest absolute Gasteiger partial charge is 0.141 e. The predicted molar refractivity (Wildman–Crippen MR) is 91.4 cm³/mol. The fraction of sp³-hybridized carbons (Fsp3) is 0.200. The molecule has 2 aromatic carbocycles. The summed E-state index contributed by atoms with van der Waals surface area (Å²) in [6.07, 6.45) is 0. The maximum absolute atomic E-state index is 6.56. The third-order valence-corrected chi connectivity index (χ3v) is 5.00. The summed E-state index contributed by atoms with van der Waals surface area (Å²) in [6, 6.07) is 9.00. The van der Waals surface area contributed by atoms with E-state index in [1.165, 1.54) is 0 Å². The lowest BCUT2D eigenvalue weighted by Crippen LogP contribution is -2.00. The SMILES string of the molecule is COc1ccc(C(Cl)c2ccc(Cl)c(Cl)c2)c(OC)c1Br. The van der Waals surface area contributed by atoms with E-state index >= 15 is 0 Å². The van der Waals surface area contributed by atoms with Crippen LogP contribution in [0.15, 0.2) is 34.8 Å². The van der Waals surface area contributed by atoms with Gasteiger partial charge in [-0.2, -0.15) is 0 Å². The van der Waals surface area contributed by atoms with Crippen molar-refractivity contribution in [3.05, 3.63) is 56.0 Å². The van der Waals surface area contributed by atoms with E-state index in [9.17, 15) is 0 Å². The summed E-state index contributed by atoms with van der Waals surface area (Å²) in [5.41, 5.74) is 1.65. The first-order valence-electron chi connectivity index (χ1n) is 5.99.